The van der Waals surface area contributed by atoms with Gasteiger partial charge in [0.2, 0.25) is 0 Å². The Labute approximate surface area is 113 Å². The van der Waals surface area contributed by atoms with Crippen molar-refractivity contribution in [2.45, 2.75) is 25.3 Å². The van der Waals surface area contributed by atoms with Gasteiger partial charge in [0.1, 0.15) is 5.82 Å². The molecular weight excluding hydrogens is 250 g/mol. The number of hydrogen-bond donors (Lipinski definition) is 1. The molecule has 1 aliphatic rings. The van der Waals surface area contributed by atoms with Crippen LogP contribution in [-0.4, -0.2) is 19.6 Å². The highest BCUT2D eigenvalue weighted by molar-refractivity contribution is 5.85. The maximum absolute atomic E-state index is 4.52. The van der Waals surface area contributed by atoms with Gasteiger partial charge in [-0.05, 0) is 12.8 Å². The van der Waals surface area contributed by atoms with Gasteiger partial charge in [-0.1, -0.05) is 0 Å². The second-order valence-electron chi connectivity index (χ2n) is 4.73. The van der Waals surface area contributed by atoms with Gasteiger partial charge in [0.15, 0.2) is 0 Å². The van der Waals surface area contributed by atoms with Gasteiger partial charge in [-0.15, -0.1) is 12.4 Å². The van der Waals surface area contributed by atoms with Gasteiger partial charge in [0.05, 0.1) is 11.9 Å². The van der Waals surface area contributed by atoms with Gasteiger partial charge in [-0.3, -0.25) is 9.36 Å². The van der Waals surface area contributed by atoms with E-state index in [2.05, 4.69) is 21.6 Å². The van der Waals surface area contributed by atoms with E-state index in [9.17, 15) is 0 Å². The summed E-state index contributed by atoms with van der Waals surface area (Å²) in [7, 11) is 3.91. The van der Waals surface area contributed by atoms with Gasteiger partial charge in [0, 0.05) is 44.4 Å². The van der Waals surface area contributed by atoms with E-state index in [-0.39, 0.29) is 12.4 Å². The molecule has 0 aromatic carbocycles. The lowest BCUT2D eigenvalue weighted by atomic mass is 10.3. The number of aryl methyl sites for hydroxylation is 2. The summed E-state index contributed by atoms with van der Waals surface area (Å²) in [6, 6.07) is 2.16. The van der Waals surface area contributed by atoms with Crippen molar-refractivity contribution in [1.82, 2.24) is 19.6 Å². The van der Waals surface area contributed by atoms with Gasteiger partial charge >= 0.3 is 0 Å². The molecule has 0 aliphatic heterocycles. The van der Waals surface area contributed by atoms with E-state index < -0.39 is 0 Å². The standard InChI is InChI=1S/C12H17N5.ClH/c1-16-8-9(7-14-16)6-13-12-5-11(10-3-4-10)15-17(12)2;/h5,7-8,10,13H,3-4,6H2,1-2H3;1H. The van der Waals surface area contributed by atoms with Crippen LogP contribution in [0.15, 0.2) is 18.5 Å². The molecule has 1 aliphatic carbocycles. The summed E-state index contributed by atoms with van der Waals surface area (Å²) >= 11 is 0. The fourth-order valence-electron chi connectivity index (χ4n) is 1.99. The number of hydrogen-bond acceptors (Lipinski definition) is 3. The second kappa shape index (κ2) is 5.02. The Kier molecular flexibility index (Phi) is 3.61. The highest BCUT2D eigenvalue weighted by Crippen LogP contribution is 2.39. The average molecular weight is 268 g/mol. The molecule has 18 heavy (non-hydrogen) atoms. The average Bonchev–Trinajstić information content (AvgIpc) is 2.97. The number of nitrogens with zero attached hydrogens (tertiary/aromatic N) is 4. The predicted octanol–water partition coefficient (Wildman–Crippen LogP) is 2.06. The van der Waals surface area contributed by atoms with E-state index in [1.807, 2.05) is 35.9 Å². The van der Waals surface area contributed by atoms with Crippen molar-refractivity contribution in [3.63, 3.8) is 0 Å². The highest BCUT2D eigenvalue weighted by atomic mass is 35.5. The Morgan fingerprint density at radius 3 is 2.78 bits per heavy atom. The van der Waals surface area contributed by atoms with Crippen LogP contribution in [0.5, 0.6) is 0 Å². The summed E-state index contributed by atoms with van der Waals surface area (Å²) in [6.45, 7) is 0.789. The predicted molar refractivity (Wildman–Crippen MR) is 73.0 cm³/mol. The van der Waals surface area contributed by atoms with E-state index in [1.54, 1.807) is 0 Å². The molecule has 5 nitrogen and oxygen atoms in total. The van der Waals surface area contributed by atoms with Crippen LogP contribution < -0.4 is 5.32 Å². The maximum Gasteiger partial charge on any atom is 0.124 e. The lowest BCUT2D eigenvalue weighted by molar-refractivity contribution is 0.745. The van der Waals surface area contributed by atoms with E-state index in [4.69, 9.17) is 0 Å². The summed E-state index contributed by atoms with van der Waals surface area (Å²) in [5, 5.41) is 12.1. The molecule has 1 fully saturated rings. The molecule has 0 atom stereocenters. The fourth-order valence-corrected chi connectivity index (χ4v) is 1.99. The number of halogens is 1. The van der Waals surface area contributed by atoms with Crippen LogP contribution in [0.2, 0.25) is 0 Å². The van der Waals surface area contributed by atoms with Crippen LogP contribution in [-0.2, 0) is 20.6 Å². The first kappa shape index (κ1) is 13.0. The summed E-state index contributed by atoms with van der Waals surface area (Å²) in [5.74, 6) is 1.78. The minimum absolute atomic E-state index is 0. The third-order valence-corrected chi connectivity index (χ3v) is 3.13. The normalized spacial score (nSPS) is 14.3. The van der Waals surface area contributed by atoms with Crippen LogP contribution >= 0.6 is 12.4 Å². The minimum Gasteiger partial charge on any atom is -0.366 e. The molecule has 0 spiro atoms. The molecule has 1 N–H and O–H groups in total. The quantitative estimate of drug-likeness (QED) is 0.923. The third-order valence-electron chi connectivity index (χ3n) is 3.13. The molecule has 0 amide bonds. The molecule has 0 unspecified atom stereocenters. The smallest absolute Gasteiger partial charge is 0.124 e. The highest BCUT2D eigenvalue weighted by Gasteiger charge is 2.26. The van der Waals surface area contributed by atoms with Crippen molar-refractivity contribution in [2.75, 3.05) is 5.32 Å². The van der Waals surface area contributed by atoms with Crippen molar-refractivity contribution in [1.29, 1.82) is 0 Å². The molecule has 2 aromatic heterocycles. The molecule has 6 heteroatoms. The van der Waals surface area contributed by atoms with Gasteiger partial charge in [0.25, 0.3) is 0 Å². The molecule has 2 aromatic rings. The first-order valence-electron chi connectivity index (χ1n) is 5.98. The zero-order chi connectivity index (χ0) is 11.8. The molecule has 3 rings (SSSR count). The maximum atomic E-state index is 4.52. The summed E-state index contributed by atoms with van der Waals surface area (Å²) in [5.41, 5.74) is 2.41. The molecule has 0 radical (unpaired) electrons. The molecule has 0 saturated heterocycles. The Morgan fingerprint density at radius 2 is 2.17 bits per heavy atom. The van der Waals surface area contributed by atoms with Crippen molar-refractivity contribution < 1.29 is 0 Å². The lowest BCUT2D eigenvalue weighted by Crippen LogP contribution is -2.03. The topological polar surface area (TPSA) is 47.7 Å². The van der Waals surface area contributed by atoms with Crippen LogP contribution in [0.25, 0.3) is 0 Å². The summed E-state index contributed by atoms with van der Waals surface area (Å²) in [6.07, 6.45) is 6.48. The molecule has 2 heterocycles. The van der Waals surface area contributed by atoms with Gasteiger partial charge < -0.3 is 5.32 Å². The van der Waals surface area contributed by atoms with Crippen LogP contribution in [0.4, 0.5) is 5.82 Å². The van der Waals surface area contributed by atoms with E-state index >= 15 is 0 Å². The number of anilines is 1. The first-order chi connectivity index (χ1) is 8.22. The minimum atomic E-state index is 0. The molecule has 1 saturated carbocycles. The molecule has 0 bridgehead atoms. The summed E-state index contributed by atoms with van der Waals surface area (Å²) in [4.78, 5) is 0. The van der Waals surface area contributed by atoms with Crippen molar-refractivity contribution >= 4 is 18.2 Å². The number of aromatic nitrogens is 4. The molecular formula is C12H18ClN5. The van der Waals surface area contributed by atoms with E-state index in [1.165, 1.54) is 24.1 Å². The molecule has 98 valence electrons. The third kappa shape index (κ3) is 2.67. The van der Waals surface area contributed by atoms with E-state index in [0.717, 1.165) is 12.4 Å². The Morgan fingerprint density at radius 1 is 1.39 bits per heavy atom. The zero-order valence-corrected chi connectivity index (χ0v) is 11.4. The number of rotatable bonds is 4. The van der Waals surface area contributed by atoms with E-state index in [0.29, 0.717) is 5.92 Å². The van der Waals surface area contributed by atoms with Crippen molar-refractivity contribution in [3.05, 3.63) is 29.7 Å². The summed E-state index contributed by atoms with van der Waals surface area (Å²) < 4.78 is 3.74. The van der Waals surface area contributed by atoms with Gasteiger partial charge in [-0.25, -0.2) is 0 Å². The second-order valence-corrected chi connectivity index (χ2v) is 4.73. The van der Waals surface area contributed by atoms with Crippen molar-refractivity contribution in [3.8, 4) is 0 Å². The van der Waals surface area contributed by atoms with Crippen LogP contribution in [0.1, 0.15) is 30.0 Å². The van der Waals surface area contributed by atoms with Crippen LogP contribution in [0, 0.1) is 0 Å². The lowest BCUT2D eigenvalue weighted by Gasteiger charge is -2.03. The fraction of sp³-hybridized carbons (Fsp3) is 0.500. The van der Waals surface area contributed by atoms with Crippen LogP contribution in [0.3, 0.4) is 0 Å². The van der Waals surface area contributed by atoms with Gasteiger partial charge in [-0.2, -0.15) is 10.2 Å². The Bertz CT molecular complexity index is 526. The number of nitrogens with one attached hydrogen (secondary N) is 1. The zero-order valence-electron chi connectivity index (χ0n) is 10.6. The monoisotopic (exact) mass is 267 g/mol. The largest absolute Gasteiger partial charge is 0.366 e. The Hall–Kier alpha value is -1.49. The van der Waals surface area contributed by atoms with Crippen molar-refractivity contribution in [2.24, 2.45) is 14.1 Å². The SMILES string of the molecule is Cl.Cn1cc(CNc2cc(C3CC3)nn2C)cn1. The first-order valence-corrected chi connectivity index (χ1v) is 5.98. The Balaban J connectivity index is 0.00000120.